The van der Waals surface area contributed by atoms with Crippen molar-refractivity contribution in [2.75, 3.05) is 43.4 Å². The first-order valence-electron chi connectivity index (χ1n) is 13.3. The fourth-order valence-electron chi connectivity index (χ4n) is 5.97. The molecule has 2 aliphatic rings. The zero-order valence-electron chi connectivity index (χ0n) is 23.2. The highest BCUT2D eigenvalue weighted by Gasteiger charge is 2.47. The predicted molar refractivity (Wildman–Crippen MR) is 155 cm³/mol. The van der Waals surface area contributed by atoms with Gasteiger partial charge in [0.05, 0.1) is 34.2 Å². The van der Waals surface area contributed by atoms with Crippen molar-refractivity contribution in [2.45, 2.75) is 13.0 Å². The normalized spacial score (nSPS) is 16.2. The van der Waals surface area contributed by atoms with E-state index in [1.807, 2.05) is 0 Å². The summed E-state index contributed by atoms with van der Waals surface area (Å²) in [6, 6.07) is 2.54. The van der Waals surface area contributed by atoms with Crippen molar-refractivity contribution >= 4 is 46.0 Å². The number of aromatic nitrogens is 4. The van der Waals surface area contributed by atoms with Crippen molar-refractivity contribution in [3.8, 4) is 16.9 Å². The van der Waals surface area contributed by atoms with Crippen LogP contribution in [0.15, 0.2) is 35.6 Å². The SMILES string of the molecule is CN1CCC2(C1)CN(c1cc(NC(=O)Cn3cc(-c4cc(C(N)=O)c(O)c(F)c4F)c4c(=O)n(C)cnc43)c(Cl)cn1)C2. The van der Waals surface area contributed by atoms with Gasteiger partial charge < -0.3 is 35.1 Å². The van der Waals surface area contributed by atoms with Crippen molar-refractivity contribution in [3.05, 3.63) is 63.4 Å². The molecule has 4 aromatic rings. The van der Waals surface area contributed by atoms with Gasteiger partial charge in [0.15, 0.2) is 11.6 Å². The molecular weight excluding hydrogens is 586 g/mol. The summed E-state index contributed by atoms with van der Waals surface area (Å²) in [6.45, 7) is 3.40. The number of nitrogens with zero attached hydrogens (tertiary/aromatic N) is 6. The Morgan fingerprint density at radius 2 is 1.88 bits per heavy atom. The minimum atomic E-state index is -1.71. The number of nitrogens with one attached hydrogen (secondary N) is 1. The number of halogens is 3. The van der Waals surface area contributed by atoms with Gasteiger partial charge in [-0.25, -0.2) is 14.4 Å². The van der Waals surface area contributed by atoms with Crippen LogP contribution >= 0.6 is 11.6 Å². The molecular formula is C28H27ClF2N8O4. The molecule has 2 aliphatic heterocycles. The lowest BCUT2D eigenvalue weighted by atomic mass is 9.79. The number of rotatable bonds is 6. The van der Waals surface area contributed by atoms with Crippen LogP contribution in [0.3, 0.4) is 0 Å². The third kappa shape index (κ3) is 4.85. The van der Waals surface area contributed by atoms with Crippen LogP contribution in [0.2, 0.25) is 5.02 Å². The number of primary amides is 1. The van der Waals surface area contributed by atoms with E-state index in [1.54, 1.807) is 6.07 Å². The summed E-state index contributed by atoms with van der Waals surface area (Å²) in [7, 11) is 3.52. The minimum Gasteiger partial charge on any atom is -0.504 e. The number of pyridine rings is 1. The maximum Gasteiger partial charge on any atom is 0.263 e. The maximum atomic E-state index is 15.1. The largest absolute Gasteiger partial charge is 0.504 e. The predicted octanol–water partition coefficient (Wildman–Crippen LogP) is 2.31. The van der Waals surface area contributed by atoms with Crippen LogP contribution in [0.5, 0.6) is 5.75 Å². The number of phenols is 1. The van der Waals surface area contributed by atoms with Gasteiger partial charge >= 0.3 is 0 Å². The molecule has 0 atom stereocenters. The highest BCUT2D eigenvalue weighted by atomic mass is 35.5. The second kappa shape index (κ2) is 10.3. The molecule has 0 radical (unpaired) electrons. The molecule has 15 heteroatoms. The van der Waals surface area contributed by atoms with Crippen molar-refractivity contribution in [1.82, 2.24) is 24.0 Å². The second-order valence-electron chi connectivity index (χ2n) is 11.3. The van der Waals surface area contributed by atoms with Gasteiger partial charge in [0.1, 0.15) is 18.0 Å². The number of benzene rings is 1. The van der Waals surface area contributed by atoms with E-state index in [2.05, 4.69) is 32.1 Å². The molecule has 2 saturated heterocycles. The number of nitrogens with two attached hydrogens (primary N) is 1. The van der Waals surface area contributed by atoms with E-state index in [0.717, 1.165) is 43.2 Å². The molecule has 0 bridgehead atoms. The number of aromatic hydroxyl groups is 1. The summed E-state index contributed by atoms with van der Waals surface area (Å²) in [6.07, 6.45) is 5.05. The number of likely N-dealkylation sites (tertiary alicyclic amines) is 1. The van der Waals surface area contributed by atoms with Crippen LogP contribution < -0.4 is 21.5 Å². The maximum absolute atomic E-state index is 15.1. The molecule has 5 heterocycles. The van der Waals surface area contributed by atoms with Gasteiger partial charge in [-0.3, -0.25) is 14.4 Å². The first-order valence-corrected chi connectivity index (χ1v) is 13.7. The Morgan fingerprint density at radius 1 is 1.14 bits per heavy atom. The van der Waals surface area contributed by atoms with Crippen molar-refractivity contribution in [1.29, 1.82) is 0 Å². The average Bonchev–Trinajstić information content (AvgIpc) is 3.51. The quantitative estimate of drug-likeness (QED) is 0.300. The molecule has 0 aliphatic carbocycles. The van der Waals surface area contributed by atoms with Gasteiger partial charge in [-0.15, -0.1) is 0 Å². The monoisotopic (exact) mass is 612 g/mol. The molecule has 3 aromatic heterocycles. The van der Waals surface area contributed by atoms with E-state index < -0.39 is 45.9 Å². The summed E-state index contributed by atoms with van der Waals surface area (Å²) in [5.74, 6) is -5.54. The first kappa shape index (κ1) is 28.6. The molecule has 6 rings (SSSR count). The van der Waals surface area contributed by atoms with E-state index in [9.17, 15) is 23.9 Å². The topological polar surface area (TPSA) is 152 Å². The number of hydrogen-bond donors (Lipinski definition) is 3. The molecule has 2 fully saturated rings. The summed E-state index contributed by atoms with van der Waals surface area (Å²) in [5, 5.41) is 12.7. The van der Waals surface area contributed by atoms with E-state index in [1.165, 1.54) is 30.3 Å². The lowest BCUT2D eigenvalue weighted by Gasteiger charge is -2.48. The fourth-order valence-corrected chi connectivity index (χ4v) is 6.12. The molecule has 1 aromatic carbocycles. The number of carbonyl (C=O) groups is 2. The van der Waals surface area contributed by atoms with Crippen LogP contribution in [0, 0.1) is 17.0 Å². The van der Waals surface area contributed by atoms with Crippen LogP contribution in [-0.2, 0) is 18.4 Å². The van der Waals surface area contributed by atoms with Gasteiger partial charge in [-0.05, 0) is 26.1 Å². The van der Waals surface area contributed by atoms with Crippen LogP contribution in [0.4, 0.5) is 20.3 Å². The smallest absolute Gasteiger partial charge is 0.263 e. The third-order valence-corrected chi connectivity index (χ3v) is 8.41. The highest BCUT2D eigenvalue weighted by molar-refractivity contribution is 6.33. The number of amides is 2. The van der Waals surface area contributed by atoms with Gasteiger partial charge in [-0.1, -0.05) is 11.6 Å². The number of anilines is 2. The molecule has 0 unspecified atom stereocenters. The zero-order chi connectivity index (χ0) is 30.8. The summed E-state index contributed by atoms with van der Waals surface area (Å²) < 4.78 is 32.1. The number of hydrogen-bond acceptors (Lipinski definition) is 8. The van der Waals surface area contributed by atoms with E-state index >= 15 is 4.39 Å². The zero-order valence-corrected chi connectivity index (χ0v) is 24.0. The Hall–Kier alpha value is -4.56. The second-order valence-corrected chi connectivity index (χ2v) is 11.7. The molecule has 0 saturated carbocycles. The Balaban J connectivity index is 1.31. The molecule has 1 spiro atoms. The number of aryl methyl sites for hydroxylation is 1. The molecule has 2 amide bonds. The standard InChI is InChI=1S/C28H27ClF2N8O4/c1-36-4-3-28(10-36)11-39(12-28)19-6-18(17(29)7-33-19)35-20(40)9-38-8-16(21-26(38)34-13-37(2)27(21)43)14-5-15(25(32)42)24(41)23(31)22(14)30/h5-8,13,41H,3-4,9-12H2,1-2H3,(H2,32,42)(H,33,35,40). The third-order valence-electron chi connectivity index (χ3n) is 8.11. The summed E-state index contributed by atoms with van der Waals surface area (Å²) >= 11 is 6.35. The lowest BCUT2D eigenvalue weighted by molar-refractivity contribution is -0.116. The van der Waals surface area contributed by atoms with E-state index in [0.29, 0.717) is 11.5 Å². The van der Waals surface area contributed by atoms with Crippen LogP contribution in [-0.4, -0.2) is 74.1 Å². The fraction of sp³-hybridized carbons (Fsp3) is 0.321. The van der Waals surface area contributed by atoms with Gasteiger partial charge in [-0.2, -0.15) is 4.39 Å². The van der Waals surface area contributed by atoms with Crippen molar-refractivity contribution < 1.29 is 23.5 Å². The van der Waals surface area contributed by atoms with Crippen LogP contribution in [0.25, 0.3) is 22.2 Å². The van der Waals surface area contributed by atoms with Gasteiger partial charge in [0.25, 0.3) is 11.5 Å². The van der Waals surface area contributed by atoms with Crippen LogP contribution in [0.1, 0.15) is 16.8 Å². The molecule has 4 N–H and O–H groups in total. The number of fused-ring (bicyclic) bond motifs is 1. The van der Waals surface area contributed by atoms with E-state index in [-0.39, 0.29) is 33.6 Å². The van der Waals surface area contributed by atoms with Gasteiger partial charge in [0.2, 0.25) is 11.7 Å². The summed E-state index contributed by atoms with van der Waals surface area (Å²) in [5.41, 5.74) is 3.87. The molecule has 12 nitrogen and oxygen atoms in total. The van der Waals surface area contributed by atoms with Crippen molar-refractivity contribution in [2.24, 2.45) is 18.2 Å². The minimum absolute atomic E-state index is 0.00989. The Labute approximate surface area is 248 Å². The number of carbonyl (C=O) groups excluding carboxylic acids is 2. The van der Waals surface area contributed by atoms with Crippen molar-refractivity contribution in [3.63, 3.8) is 0 Å². The Morgan fingerprint density at radius 3 is 2.56 bits per heavy atom. The molecule has 224 valence electrons. The average molecular weight is 613 g/mol. The first-order chi connectivity index (χ1) is 20.4. The summed E-state index contributed by atoms with van der Waals surface area (Å²) in [4.78, 5) is 51.2. The lowest BCUT2D eigenvalue weighted by Crippen LogP contribution is -2.57. The highest BCUT2D eigenvalue weighted by Crippen LogP contribution is 2.42. The van der Waals surface area contributed by atoms with E-state index in [4.69, 9.17) is 17.3 Å². The Bertz CT molecular complexity index is 1890. The molecule has 43 heavy (non-hydrogen) atoms. The Kier molecular flexibility index (Phi) is 6.85. The van der Waals surface area contributed by atoms with Gasteiger partial charge in [0, 0.05) is 55.5 Å².